The molecule has 1 aromatic heterocycles. The first-order valence-corrected chi connectivity index (χ1v) is 7.87. The number of nitrogens with one attached hydrogen (secondary N) is 2. The molecule has 1 amide bonds. The van der Waals surface area contributed by atoms with Crippen molar-refractivity contribution in [1.29, 1.82) is 0 Å². The van der Waals surface area contributed by atoms with Gasteiger partial charge in [0, 0.05) is 5.56 Å². The summed E-state index contributed by atoms with van der Waals surface area (Å²) in [5.41, 5.74) is 4.99. The summed E-state index contributed by atoms with van der Waals surface area (Å²) in [7, 11) is 3.18. The Hall–Kier alpha value is -3.61. The molecule has 0 aliphatic rings. The maximum atomic E-state index is 12.2. The second kappa shape index (κ2) is 7.98. The first kappa shape index (κ1) is 17.2. The summed E-state index contributed by atoms with van der Waals surface area (Å²) in [5.74, 6) is 1.01. The third-order valence-corrected chi connectivity index (χ3v) is 3.68. The first-order chi connectivity index (χ1) is 12.7. The van der Waals surface area contributed by atoms with E-state index in [1.165, 1.54) is 6.21 Å². The molecule has 0 unspecified atom stereocenters. The molecule has 7 nitrogen and oxygen atoms in total. The number of carbonyl (C=O) groups excluding carboxylic acids is 1. The van der Waals surface area contributed by atoms with Crippen molar-refractivity contribution in [2.24, 2.45) is 5.10 Å². The van der Waals surface area contributed by atoms with Crippen LogP contribution in [-0.4, -0.2) is 36.5 Å². The number of amides is 1. The topological polar surface area (TPSA) is 88.6 Å². The normalized spacial score (nSPS) is 10.7. The van der Waals surface area contributed by atoms with Gasteiger partial charge < -0.3 is 9.47 Å². The maximum Gasteiger partial charge on any atom is 0.289 e. The van der Waals surface area contributed by atoms with Crippen molar-refractivity contribution in [1.82, 2.24) is 15.6 Å². The van der Waals surface area contributed by atoms with Gasteiger partial charge in [0.1, 0.15) is 17.2 Å². The van der Waals surface area contributed by atoms with Crippen molar-refractivity contribution in [3.8, 4) is 22.8 Å². The summed E-state index contributed by atoms with van der Waals surface area (Å²) >= 11 is 0. The van der Waals surface area contributed by atoms with E-state index in [-0.39, 0.29) is 0 Å². The lowest BCUT2D eigenvalue weighted by Gasteiger charge is -2.04. The highest BCUT2D eigenvalue weighted by atomic mass is 16.5. The van der Waals surface area contributed by atoms with Gasteiger partial charge >= 0.3 is 0 Å². The Morgan fingerprint density at radius 3 is 2.77 bits per heavy atom. The van der Waals surface area contributed by atoms with Crippen LogP contribution >= 0.6 is 0 Å². The zero-order valence-electron chi connectivity index (χ0n) is 14.4. The average molecular weight is 350 g/mol. The Kier molecular flexibility index (Phi) is 5.28. The summed E-state index contributed by atoms with van der Waals surface area (Å²) < 4.78 is 10.5. The van der Waals surface area contributed by atoms with Crippen LogP contribution in [-0.2, 0) is 0 Å². The maximum absolute atomic E-state index is 12.2. The van der Waals surface area contributed by atoms with Gasteiger partial charge in [-0.1, -0.05) is 24.3 Å². The predicted octanol–water partition coefficient (Wildman–Crippen LogP) is 2.86. The van der Waals surface area contributed by atoms with Crippen molar-refractivity contribution in [3.05, 3.63) is 65.9 Å². The molecular weight excluding hydrogens is 332 g/mol. The standard InChI is InChI=1S/C19H18N4O3/c1-25-14-7-5-6-13(10-14)12-20-23-19(24)17-11-16(21-22-17)15-8-3-4-9-18(15)26-2/h3-12H,1-2H3,(H,21,22)(H,23,24). The Labute approximate surface area is 150 Å². The summed E-state index contributed by atoms with van der Waals surface area (Å²) in [6.07, 6.45) is 1.54. The van der Waals surface area contributed by atoms with Gasteiger partial charge in [0.25, 0.3) is 5.91 Å². The first-order valence-electron chi connectivity index (χ1n) is 7.87. The molecule has 0 bridgehead atoms. The molecule has 0 saturated carbocycles. The molecule has 0 fully saturated rings. The van der Waals surface area contributed by atoms with Crippen LogP contribution in [0.1, 0.15) is 16.1 Å². The molecule has 0 aliphatic heterocycles. The lowest BCUT2D eigenvalue weighted by atomic mass is 10.1. The van der Waals surface area contributed by atoms with Gasteiger partial charge in [-0.05, 0) is 35.9 Å². The lowest BCUT2D eigenvalue weighted by Crippen LogP contribution is -2.18. The number of H-pyrrole nitrogens is 1. The number of nitrogens with zero attached hydrogens (tertiary/aromatic N) is 2. The third kappa shape index (κ3) is 3.89. The molecule has 2 aromatic carbocycles. The van der Waals surface area contributed by atoms with E-state index >= 15 is 0 Å². The number of aromatic amines is 1. The molecule has 26 heavy (non-hydrogen) atoms. The SMILES string of the molecule is COc1cccc(C=NNC(=O)c2cc(-c3ccccc3OC)n[nH]2)c1. The molecule has 3 rings (SSSR count). The average Bonchev–Trinajstić information content (AvgIpc) is 3.18. The van der Waals surface area contributed by atoms with Crippen molar-refractivity contribution in [3.63, 3.8) is 0 Å². The summed E-state index contributed by atoms with van der Waals surface area (Å²) in [6, 6.07) is 16.4. The molecule has 0 aliphatic carbocycles. The minimum absolute atomic E-state index is 0.300. The Balaban J connectivity index is 1.69. The number of hydrazone groups is 1. The number of benzene rings is 2. The molecule has 7 heteroatoms. The van der Waals surface area contributed by atoms with Gasteiger partial charge in [0.15, 0.2) is 0 Å². The fraction of sp³-hybridized carbons (Fsp3) is 0.105. The van der Waals surface area contributed by atoms with E-state index in [1.54, 1.807) is 20.3 Å². The fourth-order valence-electron chi connectivity index (χ4n) is 2.38. The van der Waals surface area contributed by atoms with Crippen LogP contribution in [0.15, 0.2) is 59.7 Å². The highest BCUT2D eigenvalue weighted by molar-refractivity contribution is 5.94. The molecule has 0 radical (unpaired) electrons. The van der Waals surface area contributed by atoms with Crippen molar-refractivity contribution >= 4 is 12.1 Å². The monoisotopic (exact) mass is 350 g/mol. The van der Waals surface area contributed by atoms with Crippen LogP contribution in [0.25, 0.3) is 11.3 Å². The molecule has 3 aromatic rings. The fourth-order valence-corrected chi connectivity index (χ4v) is 2.38. The van der Waals surface area contributed by atoms with E-state index in [9.17, 15) is 4.79 Å². The highest BCUT2D eigenvalue weighted by Crippen LogP contribution is 2.28. The van der Waals surface area contributed by atoms with Gasteiger partial charge in [-0.25, -0.2) is 5.43 Å². The van der Waals surface area contributed by atoms with Crippen LogP contribution in [0, 0.1) is 0 Å². The number of carbonyl (C=O) groups is 1. The molecule has 2 N–H and O–H groups in total. The van der Waals surface area contributed by atoms with E-state index in [4.69, 9.17) is 9.47 Å². The quantitative estimate of drug-likeness (QED) is 0.528. The minimum atomic E-state index is -0.391. The lowest BCUT2D eigenvalue weighted by molar-refractivity contribution is 0.0950. The van der Waals surface area contributed by atoms with Crippen LogP contribution < -0.4 is 14.9 Å². The Morgan fingerprint density at radius 2 is 1.96 bits per heavy atom. The molecular formula is C19H18N4O3. The van der Waals surface area contributed by atoms with E-state index in [0.29, 0.717) is 17.1 Å². The summed E-state index contributed by atoms with van der Waals surface area (Å²) in [4.78, 5) is 12.2. The van der Waals surface area contributed by atoms with Gasteiger partial charge in [0.2, 0.25) is 0 Å². The van der Waals surface area contributed by atoms with Crippen LogP contribution in [0.3, 0.4) is 0 Å². The number of rotatable bonds is 6. The number of hydrogen-bond acceptors (Lipinski definition) is 5. The zero-order chi connectivity index (χ0) is 18.4. The Bertz CT molecular complexity index is 934. The zero-order valence-corrected chi connectivity index (χ0v) is 14.4. The van der Waals surface area contributed by atoms with Gasteiger partial charge in [-0.3, -0.25) is 9.89 Å². The van der Waals surface area contributed by atoms with Crippen molar-refractivity contribution < 1.29 is 14.3 Å². The molecule has 0 saturated heterocycles. The van der Waals surface area contributed by atoms with Gasteiger partial charge in [0.05, 0.1) is 26.1 Å². The summed E-state index contributed by atoms with van der Waals surface area (Å²) in [6.45, 7) is 0. The third-order valence-electron chi connectivity index (χ3n) is 3.68. The number of hydrogen-bond donors (Lipinski definition) is 2. The number of methoxy groups -OCH3 is 2. The number of para-hydroxylation sites is 1. The van der Waals surface area contributed by atoms with Gasteiger partial charge in [-0.2, -0.15) is 10.2 Å². The molecule has 0 spiro atoms. The van der Waals surface area contributed by atoms with Crippen LogP contribution in [0.5, 0.6) is 11.5 Å². The smallest absolute Gasteiger partial charge is 0.289 e. The second-order valence-electron chi connectivity index (χ2n) is 5.34. The van der Waals surface area contributed by atoms with Gasteiger partial charge in [-0.15, -0.1) is 0 Å². The number of aromatic nitrogens is 2. The molecule has 0 atom stereocenters. The highest BCUT2D eigenvalue weighted by Gasteiger charge is 2.13. The Morgan fingerprint density at radius 1 is 1.12 bits per heavy atom. The van der Waals surface area contributed by atoms with E-state index in [2.05, 4.69) is 20.7 Å². The minimum Gasteiger partial charge on any atom is -0.497 e. The number of ether oxygens (including phenoxy) is 2. The molecule has 1 heterocycles. The van der Waals surface area contributed by atoms with E-state index < -0.39 is 5.91 Å². The largest absolute Gasteiger partial charge is 0.497 e. The van der Waals surface area contributed by atoms with E-state index in [1.807, 2.05) is 48.5 Å². The van der Waals surface area contributed by atoms with Crippen LogP contribution in [0.2, 0.25) is 0 Å². The summed E-state index contributed by atoms with van der Waals surface area (Å²) in [5, 5.41) is 10.8. The molecule has 132 valence electrons. The second-order valence-corrected chi connectivity index (χ2v) is 5.34. The predicted molar refractivity (Wildman–Crippen MR) is 98.6 cm³/mol. The van der Waals surface area contributed by atoms with Crippen molar-refractivity contribution in [2.45, 2.75) is 0 Å². The van der Waals surface area contributed by atoms with Crippen molar-refractivity contribution in [2.75, 3.05) is 14.2 Å². The van der Waals surface area contributed by atoms with Crippen LogP contribution in [0.4, 0.5) is 0 Å². The van der Waals surface area contributed by atoms with E-state index in [0.717, 1.165) is 16.9 Å².